The summed E-state index contributed by atoms with van der Waals surface area (Å²) >= 11 is 1.39. The average Bonchev–Trinajstić information content (AvgIpc) is 3.25. The number of amides is 1. The Hall–Kier alpha value is -3.39. The molecule has 0 bridgehead atoms. The van der Waals surface area contributed by atoms with Crippen LogP contribution in [0.15, 0.2) is 47.6 Å². The van der Waals surface area contributed by atoms with Gasteiger partial charge in [0, 0.05) is 17.7 Å². The molecule has 8 heteroatoms. The molecule has 0 radical (unpaired) electrons. The lowest BCUT2D eigenvalue weighted by Gasteiger charge is -2.23. The zero-order chi connectivity index (χ0) is 23.4. The van der Waals surface area contributed by atoms with Gasteiger partial charge >= 0.3 is 0 Å². The predicted molar refractivity (Wildman–Crippen MR) is 130 cm³/mol. The normalized spacial score (nSPS) is 13.5. The van der Waals surface area contributed by atoms with Crippen molar-refractivity contribution < 1.29 is 19.0 Å². The number of ether oxygens (including phenoxy) is 3. The van der Waals surface area contributed by atoms with Gasteiger partial charge in [-0.15, -0.1) is 11.3 Å². The molecule has 0 saturated heterocycles. The summed E-state index contributed by atoms with van der Waals surface area (Å²) in [5.41, 5.74) is 3.45. The number of benzene rings is 2. The SMILES string of the molecule is CCOc1cc(C2=NN(C(=O)c3sc(-c4ccc(OC)cc4)nc3C)CCC2)ccc1OC. The van der Waals surface area contributed by atoms with Crippen molar-refractivity contribution in [2.45, 2.75) is 26.7 Å². The first kappa shape index (κ1) is 22.8. The molecule has 1 aromatic heterocycles. The monoisotopic (exact) mass is 465 g/mol. The number of aromatic nitrogens is 1. The molecular weight excluding hydrogens is 438 g/mol. The largest absolute Gasteiger partial charge is 0.497 e. The average molecular weight is 466 g/mol. The van der Waals surface area contributed by atoms with Crippen LogP contribution in [0.5, 0.6) is 17.2 Å². The summed E-state index contributed by atoms with van der Waals surface area (Å²) in [6.07, 6.45) is 1.63. The van der Waals surface area contributed by atoms with E-state index in [-0.39, 0.29) is 5.91 Å². The van der Waals surface area contributed by atoms with Gasteiger partial charge in [-0.05, 0) is 69.2 Å². The molecule has 1 aliphatic heterocycles. The Bertz CT molecular complexity index is 1170. The van der Waals surface area contributed by atoms with E-state index in [1.54, 1.807) is 19.2 Å². The highest BCUT2D eigenvalue weighted by molar-refractivity contribution is 7.17. The molecule has 4 rings (SSSR count). The minimum Gasteiger partial charge on any atom is -0.497 e. The summed E-state index contributed by atoms with van der Waals surface area (Å²) in [6, 6.07) is 13.4. The number of hydrogen-bond acceptors (Lipinski definition) is 7. The van der Waals surface area contributed by atoms with E-state index >= 15 is 0 Å². The number of hydrogen-bond donors (Lipinski definition) is 0. The Kier molecular flexibility index (Phi) is 6.93. The van der Waals surface area contributed by atoms with Crippen molar-refractivity contribution in [2.24, 2.45) is 5.10 Å². The molecule has 0 saturated carbocycles. The first-order valence-electron chi connectivity index (χ1n) is 10.9. The zero-order valence-corrected chi connectivity index (χ0v) is 20.1. The van der Waals surface area contributed by atoms with Crippen LogP contribution in [0, 0.1) is 6.92 Å². The Morgan fingerprint density at radius 1 is 1.06 bits per heavy atom. The van der Waals surface area contributed by atoms with E-state index in [9.17, 15) is 4.79 Å². The summed E-state index contributed by atoms with van der Waals surface area (Å²) in [5.74, 6) is 2.01. The number of carbonyl (C=O) groups is 1. The highest BCUT2D eigenvalue weighted by Gasteiger charge is 2.25. The van der Waals surface area contributed by atoms with Crippen molar-refractivity contribution in [1.29, 1.82) is 0 Å². The third kappa shape index (κ3) is 4.85. The quantitative estimate of drug-likeness (QED) is 0.481. The predicted octanol–water partition coefficient (Wildman–Crippen LogP) is 5.17. The van der Waals surface area contributed by atoms with Gasteiger partial charge in [-0.2, -0.15) is 5.10 Å². The van der Waals surface area contributed by atoms with Crippen molar-refractivity contribution >= 4 is 23.0 Å². The standard InChI is InChI=1S/C25H27N3O4S/c1-5-32-22-15-18(10-13-21(22)31-4)20-7-6-14-28(27-20)25(29)23-16(2)26-24(33-23)17-8-11-19(30-3)12-9-17/h8-13,15H,5-7,14H2,1-4H3. The molecule has 3 aromatic rings. The topological polar surface area (TPSA) is 73.2 Å². The lowest BCUT2D eigenvalue weighted by molar-refractivity contribution is 0.0755. The summed E-state index contributed by atoms with van der Waals surface area (Å²) in [4.78, 5) is 18.6. The van der Waals surface area contributed by atoms with Crippen LogP contribution in [0.2, 0.25) is 0 Å². The first-order chi connectivity index (χ1) is 16.0. The molecule has 0 spiro atoms. The second kappa shape index (κ2) is 10.0. The van der Waals surface area contributed by atoms with Gasteiger partial charge in [0.1, 0.15) is 15.6 Å². The molecular formula is C25H27N3O4S. The number of thiazole rings is 1. The van der Waals surface area contributed by atoms with Crippen LogP contribution in [-0.2, 0) is 0 Å². The van der Waals surface area contributed by atoms with Gasteiger partial charge in [-0.25, -0.2) is 9.99 Å². The van der Waals surface area contributed by atoms with Crippen molar-refractivity contribution in [3.8, 4) is 27.8 Å². The van der Waals surface area contributed by atoms with E-state index in [1.165, 1.54) is 11.3 Å². The second-order valence-electron chi connectivity index (χ2n) is 7.54. The molecule has 2 heterocycles. The van der Waals surface area contributed by atoms with Crippen LogP contribution in [-0.4, -0.2) is 49.0 Å². The van der Waals surface area contributed by atoms with Gasteiger partial charge in [0.05, 0.1) is 32.2 Å². The van der Waals surface area contributed by atoms with Crippen LogP contribution >= 0.6 is 11.3 Å². The van der Waals surface area contributed by atoms with E-state index in [2.05, 4.69) is 4.98 Å². The number of hydrazone groups is 1. The highest BCUT2D eigenvalue weighted by Crippen LogP contribution is 2.32. The molecule has 1 aliphatic rings. The molecule has 172 valence electrons. The third-order valence-electron chi connectivity index (χ3n) is 5.38. The van der Waals surface area contributed by atoms with Gasteiger partial charge in [0.25, 0.3) is 5.91 Å². The lowest BCUT2D eigenvalue weighted by Crippen LogP contribution is -2.32. The molecule has 0 unspecified atom stereocenters. The maximum absolute atomic E-state index is 13.3. The molecule has 1 amide bonds. The number of aryl methyl sites for hydroxylation is 1. The van der Waals surface area contributed by atoms with Crippen LogP contribution in [0.3, 0.4) is 0 Å². The maximum atomic E-state index is 13.3. The fourth-order valence-corrected chi connectivity index (χ4v) is 4.70. The number of carbonyl (C=O) groups excluding carboxylic acids is 1. The Morgan fingerprint density at radius 2 is 1.82 bits per heavy atom. The Balaban J connectivity index is 1.59. The molecule has 0 aliphatic carbocycles. The van der Waals surface area contributed by atoms with Crippen LogP contribution in [0.25, 0.3) is 10.6 Å². The summed E-state index contributed by atoms with van der Waals surface area (Å²) < 4.78 is 16.3. The van der Waals surface area contributed by atoms with E-state index in [0.29, 0.717) is 35.2 Å². The molecule has 2 aromatic carbocycles. The van der Waals surface area contributed by atoms with Crippen LogP contribution in [0.4, 0.5) is 0 Å². The van der Waals surface area contributed by atoms with Gasteiger partial charge in [-0.1, -0.05) is 0 Å². The van der Waals surface area contributed by atoms with Gasteiger partial charge in [0.15, 0.2) is 11.5 Å². The van der Waals surface area contributed by atoms with Crippen molar-refractivity contribution in [1.82, 2.24) is 9.99 Å². The fourth-order valence-electron chi connectivity index (χ4n) is 3.68. The van der Waals surface area contributed by atoms with E-state index in [1.807, 2.05) is 56.3 Å². The second-order valence-corrected chi connectivity index (χ2v) is 8.54. The van der Waals surface area contributed by atoms with Gasteiger partial charge < -0.3 is 14.2 Å². The van der Waals surface area contributed by atoms with E-state index < -0.39 is 0 Å². The Labute approximate surface area is 197 Å². The molecule has 0 fully saturated rings. The van der Waals surface area contributed by atoms with Crippen molar-refractivity contribution in [3.63, 3.8) is 0 Å². The third-order valence-corrected chi connectivity index (χ3v) is 6.58. The Morgan fingerprint density at radius 3 is 2.52 bits per heavy atom. The molecule has 33 heavy (non-hydrogen) atoms. The zero-order valence-electron chi connectivity index (χ0n) is 19.3. The van der Waals surface area contributed by atoms with Gasteiger partial charge in [-0.3, -0.25) is 4.79 Å². The minimum atomic E-state index is -0.125. The highest BCUT2D eigenvalue weighted by atomic mass is 32.1. The lowest BCUT2D eigenvalue weighted by atomic mass is 10.0. The number of methoxy groups -OCH3 is 2. The van der Waals surface area contributed by atoms with E-state index in [4.69, 9.17) is 19.3 Å². The van der Waals surface area contributed by atoms with Crippen molar-refractivity contribution in [3.05, 3.63) is 58.6 Å². The summed E-state index contributed by atoms with van der Waals surface area (Å²) in [6.45, 7) is 4.91. The molecule has 0 N–H and O–H groups in total. The number of rotatable bonds is 7. The van der Waals surface area contributed by atoms with Gasteiger partial charge in [0.2, 0.25) is 0 Å². The van der Waals surface area contributed by atoms with Crippen LogP contribution < -0.4 is 14.2 Å². The molecule has 0 atom stereocenters. The van der Waals surface area contributed by atoms with E-state index in [0.717, 1.165) is 40.4 Å². The fraction of sp³-hybridized carbons (Fsp3) is 0.320. The smallest absolute Gasteiger partial charge is 0.285 e. The minimum absolute atomic E-state index is 0.125. The summed E-state index contributed by atoms with van der Waals surface area (Å²) in [5, 5.41) is 7.06. The number of nitrogens with zero attached hydrogens (tertiary/aromatic N) is 3. The maximum Gasteiger partial charge on any atom is 0.285 e. The van der Waals surface area contributed by atoms with Crippen LogP contribution in [0.1, 0.15) is 40.7 Å². The molecule has 7 nitrogen and oxygen atoms in total. The van der Waals surface area contributed by atoms with Crippen molar-refractivity contribution in [2.75, 3.05) is 27.4 Å². The first-order valence-corrected chi connectivity index (χ1v) is 11.7. The summed E-state index contributed by atoms with van der Waals surface area (Å²) in [7, 11) is 3.25.